The summed E-state index contributed by atoms with van der Waals surface area (Å²) in [7, 11) is 1.53. The van der Waals surface area contributed by atoms with Gasteiger partial charge >= 0.3 is 29.8 Å². The summed E-state index contributed by atoms with van der Waals surface area (Å²) < 4.78 is 32.5. The second kappa shape index (κ2) is 11.4. The number of rotatable bonds is 10. The average Bonchev–Trinajstić information content (AvgIpc) is 3.31. The van der Waals surface area contributed by atoms with Crippen LogP contribution < -0.4 is 9.47 Å². The molecule has 13 nitrogen and oxygen atoms in total. The van der Waals surface area contributed by atoms with Crippen LogP contribution in [0.25, 0.3) is 0 Å². The molecule has 1 aromatic carbocycles. The molecule has 238 valence electrons. The van der Waals surface area contributed by atoms with Gasteiger partial charge in [-0.15, -0.1) is 0 Å². The molecule has 13 heteroatoms. The maximum atomic E-state index is 13.2. The van der Waals surface area contributed by atoms with Gasteiger partial charge in [0, 0.05) is 12.5 Å². The Morgan fingerprint density at radius 2 is 1.77 bits per heavy atom. The van der Waals surface area contributed by atoms with E-state index in [2.05, 4.69) is 6.92 Å². The summed E-state index contributed by atoms with van der Waals surface area (Å²) in [6, 6.07) is 3.82. The average molecular weight is 617 g/mol. The van der Waals surface area contributed by atoms with Gasteiger partial charge in [0.2, 0.25) is 6.10 Å². The molecule has 1 aliphatic heterocycles. The van der Waals surface area contributed by atoms with Crippen LogP contribution in [0.15, 0.2) is 24.0 Å². The van der Waals surface area contributed by atoms with Crippen LogP contribution in [0.4, 0.5) is 0 Å². The minimum absolute atomic E-state index is 0.0435. The Morgan fingerprint density at radius 1 is 1.07 bits per heavy atom. The Bertz CT molecular complexity index is 1430. The van der Waals surface area contributed by atoms with Gasteiger partial charge in [-0.05, 0) is 69.1 Å². The van der Waals surface area contributed by atoms with Crippen molar-refractivity contribution in [2.75, 3.05) is 7.11 Å². The quantitative estimate of drug-likeness (QED) is 0.288. The highest BCUT2D eigenvalue weighted by Crippen LogP contribution is 2.68. The fraction of sp³-hybridized carbons (Fsp3) is 0.581. The molecule has 5 rings (SSSR count). The number of hydrogen-bond acceptors (Lipinski definition) is 12. The molecule has 2 bridgehead atoms. The monoisotopic (exact) mass is 616 g/mol. The zero-order chi connectivity index (χ0) is 32.1. The Morgan fingerprint density at radius 3 is 2.43 bits per heavy atom. The van der Waals surface area contributed by atoms with Gasteiger partial charge in [-0.3, -0.25) is 9.59 Å². The summed E-state index contributed by atoms with van der Waals surface area (Å²) in [5, 5.41) is 21.3. The van der Waals surface area contributed by atoms with Crippen molar-refractivity contribution in [1.29, 1.82) is 0 Å². The predicted octanol–water partition coefficient (Wildman–Crippen LogP) is 2.13. The minimum Gasteiger partial charge on any atom is -0.493 e. The zero-order valence-electron chi connectivity index (χ0n) is 25.1. The van der Waals surface area contributed by atoms with Gasteiger partial charge in [0.25, 0.3) is 0 Å². The van der Waals surface area contributed by atoms with Gasteiger partial charge < -0.3 is 38.6 Å². The molecule has 44 heavy (non-hydrogen) atoms. The highest BCUT2D eigenvalue weighted by Gasteiger charge is 2.72. The Hall–Kier alpha value is -4.13. The van der Waals surface area contributed by atoms with Crippen LogP contribution in [0.1, 0.15) is 64.5 Å². The summed E-state index contributed by atoms with van der Waals surface area (Å²) in [5.41, 5.74) is -0.111. The lowest BCUT2D eigenvalue weighted by Gasteiger charge is -2.61. The first-order valence-electron chi connectivity index (χ1n) is 14.5. The molecule has 0 saturated heterocycles. The first kappa shape index (κ1) is 31.3. The van der Waals surface area contributed by atoms with Crippen molar-refractivity contribution in [2.24, 2.45) is 11.8 Å². The number of ether oxygens (including phenoxy) is 6. The van der Waals surface area contributed by atoms with E-state index in [1.165, 1.54) is 7.11 Å². The first-order chi connectivity index (χ1) is 20.7. The Balaban J connectivity index is 1.36. The van der Waals surface area contributed by atoms with Crippen molar-refractivity contribution in [3.05, 3.63) is 35.1 Å². The number of esters is 4. The van der Waals surface area contributed by atoms with E-state index in [4.69, 9.17) is 33.5 Å². The lowest BCUT2D eigenvalue weighted by Crippen LogP contribution is -2.69. The third-order valence-corrected chi connectivity index (χ3v) is 9.36. The summed E-state index contributed by atoms with van der Waals surface area (Å²) in [4.78, 5) is 60.9. The lowest BCUT2D eigenvalue weighted by atomic mass is 9.45. The third kappa shape index (κ3) is 4.96. The predicted molar refractivity (Wildman–Crippen MR) is 147 cm³/mol. The van der Waals surface area contributed by atoms with Crippen LogP contribution in [0.2, 0.25) is 0 Å². The molecule has 1 fully saturated rings. The van der Waals surface area contributed by atoms with Gasteiger partial charge in [-0.25, -0.2) is 14.4 Å². The molecular formula is C31H36O13. The van der Waals surface area contributed by atoms with Gasteiger partial charge in [-0.2, -0.15) is 0 Å². The molecule has 0 radical (unpaired) electrons. The Labute approximate surface area is 253 Å². The molecule has 2 N–H and O–H groups in total. The van der Waals surface area contributed by atoms with E-state index in [9.17, 15) is 29.1 Å². The molecule has 1 spiro atoms. The number of methoxy groups -OCH3 is 1. The minimum atomic E-state index is -1.77. The van der Waals surface area contributed by atoms with E-state index in [-0.39, 0.29) is 24.0 Å². The first-order valence-corrected chi connectivity index (χ1v) is 14.5. The van der Waals surface area contributed by atoms with E-state index >= 15 is 0 Å². The number of hydrogen-bond donors (Lipinski definition) is 2. The summed E-state index contributed by atoms with van der Waals surface area (Å²) in [5.74, 6) is -4.23. The largest absolute Gasteiger partial charge is 0.493 e. The molecule has 8 atom stereocenters. The second-order valence-corrected chi connectivity index (χ2v) is 11.9. The van der Waals surface area contributed by atoms with Crippen molar-refractivity contribution in [1.82, 2.24) is 0 Å². The van der Waals surface area contributed by atoms with Crippen LogP contribution >= 0.6 is 0 Å². The molecular weight excluding hydrogens is 580 g/mol. The number of carbonyl (C=O) groups is 5. The van der Waals surface area contributed by atoms with E-state index in [1.54, 1.807) is 6.08 Å². The van der Waals surface area contributed by atoms with Crippen LogP contribution in [0, 0.1) is 11.8 Å². The summed E-state index contributed by atoms with van der Waals surface area (Å²) >= 11 is 0. The summed E-state index contributed by atoms with van der Waals surface area (Å²) in [6.07, 6.45) is -2.48. The van der Waals surface area contributed by atoms with E-state index < -0.39 is 71.7 Å². The molecule has 1 saturated carbocycles. The fourth-order valence-corrected chi connectivity index (χ4v) is 7.28. The normalized spacial score (nSPS) is 29.4. The van der Waals surface area contributed by atoms with Crippen molar-refractivity contribution >= 4 is 29.8 Å². The zero-order valence-corrected chi connectivity index (χ0v) is 25.1. The SMILES string of the molecule is COc1ccc2c3c1O[C@H]1C(OC(=O)C[C@H](OC(C)=O)C(=O)O[C@@H](C)C(=O)O[C@@H](C)C(=O)O)=CC[C@@]4(O)[C@@H](C2)C(C)CC[C@]314. The number of aliphatic hydroxyl groups is 1. The second-order valence-electron chi connectivity index (χ2n) is 11.9. The van der Waals surface area contributed by atoms with E-state index in [0.29, 0.717) is 24.3 Å². The number of benzene rings is 1. The van der Waals surface area contributed by atoms with E-state index in [0.717, 1.165) is 38.3 Å². The van der Waals surface area contributed by atoms with Gasteiger partial charge in [0.05, 0.1) is 24.5 Å². The molecule has 3 aliphatic carbocycles. The smallest absolute Gasteiger partial charge is 0.348 e. The number of carboxylic acids is 1. The highest BCUT2D eigenvalue weighted by atomic mass is 16.6. The molecule has 1 aromatic rings. The van der Waals surface area contributed by atoms with E-state index in [1.807, 2.05) is 12.1 Å². The van der Waals surface area contributed by atoms with Crippen molar-refractivity contribution < 1.29 is 62.6 Å². The van der Waals surface area contributed by atoms with Crippen LogP contribution in [0.3, 0.4) is 0 Å². The van der Waals surface area contributed by atoms with Crippen molar-refractivity contribution in [3.8, 4) is 11.5 Å². The third-order valence-electron chi connectivity index (χ3n) is 9.36. The van der Waals surface area contributed by atoms with Gasteiger partial charge in [0.15, 0.2) is 29.8 Å². The highest BCUT2D eigenvalue weighted by molar-refractivity contribution is 5.87. The molecule has 0 amide bonds. The summed E-state index contributed by atoms with van der Waals surface area (Å²) in [6.45, 7) is 5.43. The Kier molecular flexibility index (Phi) is 8.12. The van der Waals surface area contributed by atoms with Crippen molar-refractivity contribution in [3.63, 3.8) is 0 Å². The maximum absolute atomic E-state index is 13.2. The molecule has 4 aliphatic rings. The molecule has 1 unspecified atom stereocenters. The topological polar surface area (TPSA) is 181 Å². The van der Waals surface area contributed by atoms with Crippen LogP contribution in [0.5, 0.6) is 11.5 Å². The lowest BCUT2D eigenvalue weighted by molar-refractivity contribution is -0.183. The molecule has 1 heterocycles. The molecule has 0 aromatic heterocycles. The number of aliphatic carboxylic acids is 1. The standard InChI is InChI=1S/C31H36O13/c1-14-8-10-30-24-18-6-7-20(39-5)25(24)44-26(30)21(9-11-31(30,38)19(14)12-18)43-23(33)13-22(42-17(4)32)29(37)41-16(3)28(36)40-15(2)27(34)35/h6-7,9,14-16,19,22,26,38H,8,10-13H2,1-5H3,(H,34,35)/t14?,15-,16-,19-,22-,26-,30-,31+/m0/s1. The van der Waals surface area contributed by atoms with Gasteiger partial charge in [-0.1, -0.05) is 13.0 Å². The van der Waals surface area contributed by atoms with Crippen LogP contribution in [-0.2, 0) is 54.8 Å². The fourth-order valence-electron chi connectivity index (χ4n) is 7.28. The number of carbonyl (C=O) groups excluding carboxylic acids is 4. The van der Waals surface area contributed by atoms with Crippen LogP contribution in [-0.4, -0.2) is 77.2 Å². The van der Waals surface area contributed by atoms with Gasteiger partial charge in [0.1, 0.15) is 5.76 Å². The maximum Gasteiger partial charge on any atom is 0.348 e. The number of carboxylic acid groups (broad SMARTS) is 1. The van der Waals surface area contributed by atoms with Crippen molar-refractivity contribution in [2.45, 2.75) is 95.2 Å².